The second kappa shape index (κ2) is 7.87. The van der Waals surface area contributed by atoms with Gasteiger partial charge in [0.05, 0.1) is 10.7 Å². The number of halogens is 2. The first kappa shape index (κ1) is 19.0. The predicted molar refractivity (Wildman–Crippen MR) is 110 cm³/mol. The zero-order valence-corrected chi connectivity index (χ0v) is 16.9. The Morgan fingerprint density at radius 3 is 2.23 bits per heavy atom. The van der Waals surface area contributed by atoms with Crippen molar-refractivity contribution in [3.8, 4) is 0 Å². The van der Waals surface area contributed by atoms with Gasteiger partial charge in [-0.05, 0) is 69.9 Å². The molecule has 2 aromatic carbocycles. The highest BCUT2D eigenvalue weighted by Crippen LogP contribution is 2.36. The SMILES string of the molecule is CC(C)N1CCc2ccc(F)cc21.CC(C)N1CCc2cccc(Cl)c21. The fraction of sp³-hybridized carbons (Fsp3) is 0.455. The molecule has 0 aliphatic carbocycles. The van der Waals surface area contributed by atoms with Crippen LogP contribution in [0.15, 0.2) is 36.4 Å². The molecule has 0 aromatic heterocycles. The maximum Gasteiger partial charge on any atom is 0.125 e. The van der Waals surface area contributed by atoms with E-state index in [1.54, 1.807) is 12.1 Å². The quantitative estimate of drug-likeness (QED) is 0.664. The van der Waals surface area contributed by atoms with Crippen LogP contribution < -0.4 is 9.80 Å². The number of nitrogens with zero attached hydrogens (tertiary/aromatic N) is 2. The fourth-order valence-electron chi connectivity index (χ4n) is 3.87. The molecule has 4 rings (SSSR count). The highest BCUT2D eigenvalue weighted by atomic mass is 35.5. The topological polar surface area (TPSA) is 6.48 Å². The Hall–Kier alpha value is -1.74. The van der Waals surface area contributed by atoms with Crippen LogP contribution in [0.1, 0.15) is 38.8 Å². The molecule has 0 unspecified atom stereocenters. The molecule has 2 heterocycles. The van der Waals surface area contributed by atoms with Crippen LogP contribution in [0.25, 0.3) is 0 Å². The van der Waals surface area contributed by atoms with Crippen LogP contribution in [0.3, 0.4) is 0 Å². The van der Waals surface area contributed by atoms with Crippen LogP contribution in [0.4, 0.5) is 15.8 Å². The van der Waals surface area contributed by atoms with Gasteiger partial charge in [0, 0.05) is 30.9 Å². The highest BCUT2D eigenvalue weighted by Gasteiger charge is 2.23. The first-order chi connectivity index (χ1) is 12.4. The second-order valence-corrected chi connectivity index (χ2v) is 8.00. The summed E-state index contributed by atoms with van der Waals surface area (Å²) in [6.45, 7) is 10.8. The average molecular weight is 375 g/mol. The van der Waals surface area contributed by atoms with Gasteiger partial charge in [0.15, 0.2) is 0 Å². The van der Waals surface area contributed by atoms with Crippen LogP contribution in [0.2, 0.25) is 5.02 Å². The smallest absolute Gasteiger partial charge is 0.125 e. The molecular weight excluding hydrogens is 347 g/mol. The maximum absolute atomic E-state index is 13.0. The van der Waals surface area contributed by atoms with Crippen LogP contribution >= 0.6 is 11.6 Å². The van der Waals surface area contributed by atoms with Gasteiger partial charge < -0.3 is 9.80 Å². The van der Waals surface area contributed by atoms with E-state index in [4.69, 9.17) is 11.6 Å². The van der Waals surface area contributed by atoms with Crippen LogP contribution in [-0.2, 0) is 12.8 Å². The van der Waals surface area contributed by atoms with E-state index in [-0.39, 0.29) is 5.82 Å². The highest BCUT2D eigenvalue weighted by molar-refractivity contribution is 6.33. The number of para-hydroxylation sites is 1. The molecule has 2 nitrogen and oxygen atoms in total. The lowest BCUT2D eigenvalue weighted by molar-refractivity contribution is 0.626. The Morgan fingerprint density at radius 2 is 1.54 bits per heavy atom. The van der Waals surface area contributed by atoms with Crippen LogP contribution in [0.5, 0.6) is 0 Å². The molecular formula is C22H28ClFN2. The molecule has 140 valence electrons. The third-order valence-electron chi connectivity index (χ3n) is 5.21. The van der Waals surface area contributed by atoms with Crippen molar-refractivity contribution in [2.24, 2.45) is 0 Å². The molecule has 0 saturated heterocycles. The molecule has 2 aliphatic heterocycles. The van der Waals surface area contributed by atoms with Crippen molar-refractivity contribution in [1.82, 2.24) is 0 Å². The van der Waals surface area contributed by atoms with E-state index in [1.807, 2.05) is 18.2 Å². The zero-order chi connectivity index (χ0) is 18.8. The molecule has 0 fully saturated rings. The molecule has 26 heavy (non-hydrogen) atoms. The lowest BCUT2D eigenvalue weighted by Crippen LogP contribution is -2.28. The summed E-state index contributed by atoms with van der Waals surface area (Å²) in [6, 6.07) is 12.3. The van der Waals surface area contributed by atoms with Crippen molar-refractivity contribution in [2.45, 2.75) is 52.6 Å². The number of fused-ring (bicyclic) bond motifs is 2. The molecule has 0 radical (unpaired) electrons. The van der Waals surface area contributed by atoms with Crippen molar-refractivity contribution in [3.05, 3.63) is 58.4 Å². The predicted octanol–water partition coefficient (Wildman–Crippen LogP) is 5.71. The summed E-state index contributed by atoms with van der Waals surface area (Å²) < 4.78 is 13.0. The normalized spacial score (nSPS) is 15.2. The molecule has 4 heteroatoms. The van der Waals surface area contributed by atoms with E-state index < -0.39 is 0 Å². The average Bonchev–Trinajstić information content (AvgIpc) is 3.19. The lowest BCUT2D eigenvalue weighted by atomic mass is 10.1. The Morgan fingerprint density at radius 1 is 0.885 bits per heavy atom. The Labute approximate surface area is 161 Å². The largest absolute Gasteiger partial charge is 0.368 e. The summed E-state index contributed by atoms with van der Waals surface area (Å²) in [5.74, 6) is -0.133. The van der Waals surface area contributed by atoms with Crippen molar-refractivity contribution >= 4 is 23.0 Å². The Bertz CT molecular complexity index is 773. The van der Waals surface area contributed by atoms with E-state index in [1.165, 1.54) is 16.8 Å². The molecule has 0 saturated carbocycles. The monoisotopic (exact) mass is 374 g/mol. The minimum Gasteiger partial charge on any atom is -0.368 e. The summed E-state index contributed by atoms with van der Waals surface area (Å²) in [5, 5.41) is 0.892. The number of anilines is 2. The summed E-state index contributed by atoms with van der Waals surface area (Å²) in [5.41, 5.74) is 4.99. The minimum atomic E-state index is -0.133. The van der Waals surface area contributed by atoms with E-state index in [9.17, 15) is 4.39 Å². The van der Waals surface area contributed by atoms with Gasteiger partial charge in [-0.25, -0.2) is 4.39 Å². The van der Waals surface area contributed by atoms with E-state index in [0.29, 0.717) is 12.1 Å². The van der Waals surface area contributed by atoms with Gasteiger partial charge >= 0.3 is 0 Å². The Kier molecular flexibility index (Phi) is 5.76. The lowest BCUT2D eigenvalue weighted by Gasteiger charge is -2.24. The summed E-state index contributed by atoms with van der Waals surface area (Å²) >= 11 is 6.17. The van der Waals surface area contributed by atoms with E-state index in [0.717, 1.165) is 36.6 Å². The molecule has 0 N–H and O–H groups in total. The zero-order valence-electron chi connectivity index (χ0n) is 16.1. The number of hydrogen-bond acceptors (Lipinski definition) is 2. The first-order valence-corrected chi connectivity index (χ1v) is 9.85. The molecule has 2 aromatic rings. The van der Waals surface area contributed by atoms with Crippen molar-refractivity contribution in [2.75, 3.05) is 22.9 Å². The molecule has 0 spiro atoms. The third kappa shape index (κ3) is 3.83. The second-order valence-electron chi connectivity index (χ2n) is 7.59. The van der Waals surface area contributed by atoms with Gasteiger partial charge in [0.1, 0.15) is 5.82 Å². The Balaban J connectivity index is 0.000000151. The van der Waals surface area contributed by atoms with Gasteiger partial charge in [-0.2, -0.15) is 0 Å². The van der Waals surface area contributed by atoms with Crippen LogP contribution in [0, 0.1) is 5.82 Å². The first-order valence-electron chi connectivity index (χ1n) is 9.47. The van der Waals surface area contributed by atoms with Crippen LogP contribution in [-0.4, -0.2) is 25.2 Å². The molecule has 0 amide bonds. The maximum atomic E-state index is 13.0. The molecule has 2 aliphatic rings. The summed E-state index contributed by atoms with van der Waals surface area (Å²) in [7, 11) is 0. The van der Waals surface area contributed by atoms with Gasteiger partial charge in [0.2, 0.25) is 0 Å². The standard InChI is InChI=1S/C11H14ClN.C11H14FN/c1-8(2)13-7-6-9-4-3-5-10(12)11(9)13;1-8(2)13-6-5-9-3-4-10(12)7-11(9)13/h3-5,8H,6-7H2,1-2H3;3-4,7-8H,5-6H2,1-2H3. The van der Waals surface area contributed by atoms with Crippen molar-refractivity contribution in [3.63, 3.8) is 0 Å². The van der Waals surface area contributed by atoms with E-state index >= 15 is 0 Å². The number of rotatable bonds is 2. The third-order valence-corrected chi connectivity index (χ3v) is 5.51. The fourth-order valence-corrected chi connectivity index (χ4v) is 4.17. The summed E-state index contributed by atoms with van der Waals surface area (Å²) in [6.07, 6.45) is 2.18. The number of benzene rings is 2. The van der Waals surface area contributed by atoms with Gasteiger partial charge in [0.25, 0.3) is 0 Å². The number of hydrogen-bond donors (Lipinski definition) is 0. The van der Waals surface area contributed by atoms with Crippen molar-refractivity contribution in [1.29, 1.82) is 0 Å². The van der Waals surface area contributed by atoms with E-state index in [2.05, 4.69) is 43.6 Å². The molecule has 0 bridgehead atoms. The molecule has 0 atom stereocenters. The van der Waals surface area contributed by atoms with Gasteiger partial charge in [-0.15, -0.1) is 0 Å². The van der Waals surface area contributed by atoms with Gasteiger partial charge in [-0.1, -0.05) is 29.8 Å². The summed E-state index contributed by atoms with van der Waals surface area (Å²) in [4.78, 5) is 4.62. The van der Waals surface area contributed by atoms with Gasteiger partial charge in [-0.3, -0.25) is 0 Å². The van der Waals surface area contributed by atoms with Crippen molar-refractivity contribution < 1.29 is 4.39 Å². The minimum absolute atomic E-state index is 0.133.